The smallest absolute Gasteiger partial charge is 0.220 e. The first-order valence-corrected chi connectivity index (χ1v) is 20.3. The van der Waals surface area contributed by atoms with Gasteiger partial charge in [-0.15, -0.1) is 0 Å². The van der Waals surface area contributed by atoms with Crippen molar-refractivity contribution >= 4 is 23.2 Å². The van der Waals surface area contributed by atoms with Gasteiger partial charge in [-0.1, -0.05) is 48.9 Å². The maximum Gasteiger partial charge on any atom is 0.220 e. The molecule has 56 heavy (non-hydrogen) atoms. The Balaban J connectivity index is 1.07. The van der Waals surface area contributed by atoms with Gasteiger partial charge in [-0.2, -0.15) is 5.26 Å². The normalized spacial score (nSPS) is 18.4. The van der Waals surface area contributed by atoms with Crippen LogP contribution >= 0.6 is 11.6 Å². The number of carbonyl (C=O) groups excluding carboxylic acids is 1. The minimum absolute atomic E-state index is 0.0666. The predicted molar refractivity (Wildman–Crippen MR) is 219 cm³/mol. The second kappa shape index (κ2) is 18.3. The Bertz CT molecular complexity index is 2090. The zero-order chi connectivity index (χ0) is 39.0. The molecule has 10 heteroatoms. The summed E-state index contributed by atoms with van der Waals surface area (Å²) in [5, 5.41) is 16.5. The standard InChI is InChI=1S/C46H50ClN5O4/c1-30-15-18-52(19-16-30)17-6-20-54-42-10-5-7-37(31(42)2)38-8-4-9-40-39(38)12-13-43(40)56-45-25-44(55-29-33-21-32(26-48)22-36(23-33)49-3)34(24-41(45)47)27-50-35-11-14-46(53)51-28-35/h4-5,7-10,21-25,30,35,43,50H,6,11-20,27-29H2,1-2H3,(H,51,53)/t35-,43-/m0/s1. The third-order valence-electron chi connectivity index (χ3n) is 11.4. The molecule has 3 aliphatic rings. The van der Waals surface area contributed by atoms with Gasteiger partial charge in [0.1, 0.15) is 30.0 Å². The number of nitrogens with one attached hydrogen (secondary N) is 2. The Morgan fingerprint density at radius 2 is 1.80 bits per heavy atom. The molecule has 1 aliphatic carbocycles. The van der Waals surface area contributed by atoms with Crippen LogP contribution in [0.5, 0.6) is 17.2 Å². The first kappa shape index (κ1) is 39.2. The predicted octanol–water partition coefficient (Wildman–Crippen LogP) is 9.25. The van der Waals surface area contributed by atoms with Gasteiger partial charge in [-0.3, -0.25) is 4.79 Å². The fourth-order valence-corrected chi connectivity index (χ4v) is 8.34. The number of nitriles is 1. The maximum absolute atomic E-state index is 11.7. The zero-order valence-electron chi connectivity index (χ0n) is 32.3. The highest BCUT2D eigenvalue weighted by Gasteiger charge is 2.29. The van der Waals surface area contributed by atoms with E-state index in [2.05, 4.69) is 76.7 Å². The fraction of sp³-hybridized carbons (Fsp3) is 0.413. The average Bonchev–Trinajstić information content (AvgIpc) is 3.63. The molecule has 2 fully saturated rings. The van der Waals surface area contributed by atoms with E-state index in [-0.39, 0.29) is 24.7 Å². The van der Waals surface area contributed by atoms with E-state index in [0.29, 0.717) is 53.9 Å². The van der Waals surface area contributed by atoms with Gasteiger partial charge in [-0.05, 0) is 128 Å². The van der Waals surface area contributed by atoms with E-state index in [1.165, 1.54) is 42.6 Å². The maximum atomic E-state index is 11.7. The second-order valence-corrected chi connectivity index (χ2v) is 15.8. The molecule has 2 heterocycles. The summed E-state index contributed by atoms with van der Waals surface area (Å²) in [6.45, 7) is 17.3. The van der Waals surface area contributed by atoms with E-state index in [0.717, 1.165) is 66.1 Å². The molecule has 7 rings (SSSR count). The Kier molecular flexibility index (Phi) is 12.8. The lowest BCUT2D eigenvalue weighted by molar-refractivity contribution is -0.122. The van der Waals surface area contributed by atoms with Gasteiger partial charge in [0.25, 0.3) is 0 Å². The van der Waals surface area contributed by atoms with E-state index >= 15 is 0 Å². The van der Waals surface area contributed by atoms with Crippen molar-refractivity contribution in [2.45, 2.75) is 84.1 Å². The number of likely N-dealkylation sites (tertiary alicyclic amines) is 1. The number of amides is 1. The largest absolute Gasteiger partial charge is 0.493 e. The summed E-state index contributed by atoms with van der Waals surface area (Å²) < 4.78 is 19.5. The van der Waals surface area contributed by atoms with Gasteiger partial charge in [0, 0.05) is 49.3 Å². The number of rotatable bonds is 14. The lowest BCUT2D eigenvalue weighted by Crippen LogP contribution is -2.45. The number of piperidine rings is 2. The summed E-state index contributed by atoms with van der Waals surface area (Å²) in [7, 11) is 0. The first-order chi connectivity index (χ1) is 27.3. The molecule has 0 aromatic heterocycles. The number of ether oxygens (including phenoxy) is 3. The van der Waals surface area contributed by atoms with Crippen LogP contribution in [-0.4, -0.2) is 49.6 Å². The van der Waals surface area contributed by atoms with E-state index < -0.39 is 0 Å². The molecule has 2 atom stereocenters. The van der Waals surface area contributed by atoms with E-state index in [9.17, 15) is 10.1 Å². The Morgan fingerprint density at radius 1 is 0.982 bits per heavy atom. The van der Waals surface area contributed by atoms with Crippen molar-refractivity contribution in [3.8, 4) is 34.4 Å². The topological polar surface area (TPSA) is 100 Å². The van der Waals surface area contributed by atoms with E-state index in [4.69, 9.17) is 32.4 Å². The lowest BCUT2D eigenvalue weighted by atomic mass is 9.93. The number of benzene rings is 4. The lowest BCUT2D eigenvalue weighted by Gasteiger charge is -2.30. The summed E-state index contributed by atoms with van der Waals surface area (Å²) in [5.74, 6) is 2.96. The van der Waals surface area contributed by atoms with Crippen molar-refractivity contribution in [1.82, 2.24) is 15.5 Å². The monoisotopic (exact) mass is 771 g/mol. The minimum Gasteiger partial charge on any atom is -0.493 e. The van der Waals surface area contributed by atoms with Gasteiger partial charge >= 0.3 is 0 Å². The second-order valence-electron chi connectivity index (χ2n) is 15.4. The molecule has 2 saturated heterocycles. The van der Waals surface area contributed by atoms with Gasteiger partial charge in [0.05, 0.1) is 24.3 Å². The van der Waals surface area contributed by atoms with Crippen molar-refractivity contribution in [1.29, 1.82) is 5.26 Å². The van der Waals surface area contributed by atoms with E-state index in [1.807, 2.05) is 12.1 Å². The fourth-order valence-electron chi connectivity index (χ4n) is 8.11. The molecule has 290 valence electrons. The van der Waals surface area contributed by atoms with Crippen molar-refractivity contribution in [2.24, 2.45) is 5.92 Å². The molecule has 0 radical (unpaired) electrons. The average molecular weight is 772 g/mol. The van der Waals surface area contributed by atoms with Crippen LogP contribution in [0.1, 0.15) is 84.9 Å². The highest BCUT2D eigenvalue weighted by Crippen LogP contribution is 2.44. The molecule has 2 N–H and O–H groups in total. The van der Waals surface area contributed by atoms with Crippen LogP contribution < -0.4 is 24.8 Å². The van der Waals surface area contributed by atoms with Crippen LogP contribution in [0.4, 0.5) is 5.69 Å². The Labute approximate surface area is 335 Å². The molecule has 4 aromatic carbocycles. The summed E-state index contributed by atoms with van der Waals surface area (Å²) in [4.78, 5) is 17.8. The van der Waals surface area contributed by atoms with Crippen LogP contribution in [0.2, 0.25) is 5.02 Å². The summed E-state index contributed by atoms with van der Waals surface area (Å²) in [5.41, 5.74) is 8.30. The highest BCUT2D eigenvalue weighted by atomic mass is 35.5. The first-order valence-electron chi connectivity index (χ1n) is 19.9. The van der Waals surface area contributed by atoms with Crippen LogP contribution in [-0.2, 0) is 24.4 Å². The molecular formula is C46H50ClN5O4. The third kappa shape index (κ3) is 9.48. The molecule has 0 saturated carbocycles. The number of carbonyl (C=O) groups is 1. The molecule has 1 amide bonds. The molecule has 0 bridgehead atoms. The van der Waals surface area contributed by atoms with Crippen LogP contribution in [0.15, 0.2) is 66.7 Å². The van der Waals surface area contributed by atoms with Crippen LogP contribution in [0, 0.1) is 30.7 Å². The Morgan fingerprint density at radius 3 is 2.59 bits per heavy atom. The van der Waals surface area contributed by atoms with Gasteiger partial charge in [0.15, 0.2) is 5.69 Å². The molecule has 0 spiro atoms. The molecular weight excluding hydrogens is 722 g/mol. The Hall–Kier alpha value is -5.06. The summed E-state index contributed by atoms with van der Waals surface area (Å²) in [6, 6.07) is 23.8. The van der Waals surface area contributed by atoms with Crippen molar-refractivity contribution in [3.05, 3.63) is 117 Å². The molecule has 2 aliphatic heterocycles. The number of halogens is 1. The van der Waals surface area contributed by atoms with Crippen molar-refractivity contribution in [2.75, 3.05) is 32.8 Å². The molecule has 4 aromatic rings. The van der Waals surface area contributed by atoms with Crippen LogP contribution in [0.25, 0.3) is 16.0 Å². The third-order valence-corrected chi connectivity index (χ3v) is 11.7. The number of hydrogen-bond acceptors (Lipinski definition) is 7. The summed E-state index contributed by atoms with van der Waals surface area (Å²) >= 11 is 6.96. The quantitative estimate of drug-likeness (QED) is 0.0974. The number of fused-ring (bicyclic) bond motifs is 1. The minimum atomic E-state index is -0.198. The van der Waals surface area contributed by atoms with E-state index in [1.54, 1.807) is 18.2 Å². The van der Waals surface area contributed by atoms with Crippen molar-refractivity contribution < 1.29 is 19.0 Å². The van der Waals surface area contributed by atoms with Gasteiger partial charge < -0.3 is 29.7 Å². The highest BCUT2D eigenvalue weighted by molar-refractivity contribution is 6.32. The van der Waals surface area contributed by atoms with Gasteiger partial charge in [-0.25, -0.2) is 4.85 Å². The SMILES string of the molecule is [C-]#[N+]c1cc(C#N)cc(COc2cc(O[C@H]3CCc4c(-c5cccc(OCCCN6CCC(C)CC6)c5C)cccc43)c(Cl)cc2CN[C@H]2CCC(=O)NC2)c1. The summed E-state index contributed by atoms with van der Waals surface area (Å²) in [6.07, 6.45) is 6.30. The number of hydrogen-bond donors (Lipinski definition) is 2. The molecule has 0 unspecified atom stereocenters. The van der Waals surface area contributed by atoms with Crippen LogP contribution in [0.3, 0.4) is 0 Å². The number of nitrogens with zero attached hydrogens (tertiary/aromatic N) is 3. The van der Waals surface area contributed by atoms with Crippen molar-refractivity contribution in [3.63, 3.8) is 0 Å². The molecule has 9 nitrogen and oxygen atoms in total. The zero-order valence-corrected chi connectivity index (χ0v) is 33.1. The van der Waals surface area contributed by atoms with Gasteiger partial charge in [0.2, 0.25) is 5.91 Å².